The molecule has 3 atom stereocenters. The molecule has 0 bridgehead atoms. The fourth-order valence-corrected chi connectivity index (χ4v) is 2.15. The van der Waals surface area contributed by atoms with Gasteiger partial charge in [0.2, 0.25) is 0 Å². The minimum Gasteiger partial charge on any atom is -0.394 e. The summed E-state index contributed by atoms with van der Waals surface area (Å²) in [7, 11) is 0. The van der Waals surface area contributed by atoms with Crippen LogP contribution in [0.2, 0.25) is 0 Å². The zero-order valence-electron chi connectivity index (χ0n) is 12.0. The molecule has 0 spiro atoms. The Morgan fingerprint density at radius 1 is 1.43 bits per heavy atom. The predicted molar refractivity (Wildman–Crippen MR) is 75.5 cm³/mol. The van der Waals surface area contributed by atoms with Gasteiger partial charge in [0.05, 0.1) is 25.0 Å². The van der Waals surface area contributed by atoms with Gasteiger partial charge in [-0.25, -0.2) is 9.50 Å². The maximum atomic E-state index is 9.74. The Morgan fingerprint density at radius 3 is 2.71 bits per heavy atom. The van der Waals surface area contributed by atoms with Crippen LogP contribution in [-0.2, 0) is 10.3 Å². The number of ether oxygens (including phenoxy) is 1. The lowest BCUT2D eigenvalue weighted by Gasteiger charge is -2.32. The summed E-state index contributed by atoms with van der Waals surface area (Å²) in [6.45, 7) is 2.44. The molecule has 21 heavy (non-hydrogen) atoms. The zero-order valence-corrected chi connectivity index (χ0v) is 12.0. The van der Waals surface area contributed by atoms with Gasteiger partial charge in [0, 0.05) is 0 Å². The maximum absolute atomic E-state index is 9.74. The Kier molecular flexibility index (Phi) is 4.43. The number of aliphatic hydroxyl groups is 3. The average molecular weight is 296 g/mol. The SMILES string of the molecule is C[C@H](O)[C@@H](CO)O[C@@](C)(CO)c1ccc2c(N)ncnn12. The molecule has 8 heteroatoms. The zero-order chi connectivity index (χ0) is 15.6. The molecule has 0 radical (unpaired) electrons. The highest BCUT2D eigenvalue weighted by molar-refractivity contribution is 5.65. The van der Waals surface area contributed by atoms with Gasteiger partial charge in [-0.3, -0.25) is 0 Å². The summed E-state index contributed by atoms with van der Waals surface area (Å²) in [6, 6.07) is 3.44. The molecule has 2 aromatic heterocycles. The standard InChI is InChI=1S/C13H20N4O4/c1-8(20)10(5-18)21-13(2,6-19)11-4-3-9-12(14)15-7-16-17(9)11/h3-4,7-8,10,18-20H,5-6H2,1-2H3,(H2,14,15,16)/t8-,10+,13-/m0/s1. The molecule has 0 aromatic carbocycles. The lowest BCUT2D eigenvalue weighted by Crippen LogP contribution is -2.42. The van der Waals surface area contributed by atoms with E-state index in [-0.39, 0.29) is 13.2 Å². The Bertz CT molecular complexity index is 615. The van der Waals surface area contributed by atoms with Crippen LogP contribution in [0.25, 0.3) is 5.52 Å². The first-order valence-electron chi connectivity index (χ1n) is 6.59. The second kappa shape index (κ2) is 5.94. The van der Waals surface area contributed by atoms with Crippen LogP contribution in [0.4, 0.5) is 5.82 Å². The van der Waals surface area contributed by atoms with E-state index in [4.69, 9.17) is 10.5 Å². The van der Waals surface area contributed by atoms with E-state index in [0.717, 1.165) is 0 Å². The summed E-state index contributed by atoms with van der Waals surface area (Å²) < 4.78 is 7.24. The lowest BCUT2D eigenvalue weighted by atomic mass is 10.0. The van der Waals surface area contributed by atoms with E-state index in [9.17, 15) is 15.3 Å². The first-order chi connectivity index (χ1) is 9.92. The van der Waals surface area contributed by atoms with Crippen LogP contribution >= 0.6 is 0 Å². The fourth-order valence-electron chi connectivity index (χ4n) is 2.15. The van der Waals surface area contributed by atoms with E-state index in [1.165, 1.54) is 17.8 Å². The summed E-state index contributed by atoms with van der Waals surface area (Å²) in [5.74, 6) is 0.311. The minimum absolute atomic E-state index is 0.311. The number of rotatable bonds is 6. The van der Waals surface area contributed by atoms with Gasteiger partial charge in [-0.2, -0.15) is 5.10 Å². The van der Waals surface area contributed by atoms with Crippen LogP contribution in [0.3, 0.4) is 0 Å². The van der Waals surface area contributed by atoms with Crippen molar-refractivity contribution >= 4 is 11.3 Å². The largest absolute Gasteiger partial charge is 0.394 e. The monoisotopic (exact) mass is 296 g/mol. The Hall–Kier alpha value is -1.74. The van der Waals surface area contributed by atoms with Crippen LogP contribution in [0.1, 0.15) is 19.5 Å². The molecule has 8 nitrogen and oxygen atoms in total. The molecule has 0 saturated carbocycles. The summed E-state index contributed by atoms with van der Waals surface area (Å²) in [6.07, 6.45) is -0.402. The molecule has 0 aliphatic carbocycles. The highest BCUT2D eigenvalue weighted by Crippen LogP contribution is 2.29. The number of nitrogens with two attached hydrogens (primary N) is 1. The molecule has 116 valence electrons. The van der Waals surface area contributed by atoms with Crippen molar-refractivity contribution in [1.29, 1.82) is 0 Å². The first-order valence-corrected chi connectivity index (χ1v) is 6.59. The minimum atomic E-state index is -1.16. The van der Waals surface area contributed by atoms with E-state index >= 15 is 0 Å². The van der Waals surface area contributed by atoms with Gasteiger partial charge in [0.25, 0.3) is 0 Å². The number of aromatic nitrogens is 3. The third-order valence-electron chi connectivity index (χ3n) is 3.45. The molecule has 2 aromatic rings. The predicted octanol–water partition coefficient (Wildman–Crippen LogP) is -0.723. The van der Waals surface area contributed by atoms with Gasteiger partial charge in [0.1, 0.15) is 23.5 Å². The van der Waals surface area contributed by atoms with E-state index in [2.05, 4.69) is 10.1 Å². The lowest BCUT2D eigenvalue weighted by molar-refractivity contribution is -0.161. The molecule has 0 amide bonds. The van der Waals surface area contributed by atoms with Crippen LogP contribution in [0.15, 0.2) is 18.5 Å². The third kappa shape index (κ3) is 2.84. The summed E-state index contributed by atoms with van der Waals surface area (Å²) >= 11 is 0. The van der Waals surface area contributed by atoms with Crippen molar-refractivity contribution in [1.82, 2.24) is 14.6 Å². The Labute approximate surface area is 121 Å². The normalized spacial score (nSPS) is 17.6. The molecule has 0 fully saturated rings. The van der Waals surface area contributed by atoms with Gasteiger partial charge < -0.3 is 25.8 Å². The van der Waals surface area contributed by atoms with Gasteiger partial charge in [0.15, 0.2) is 5.82 Å². The van der Waals surface area contributed by atoms with Crippen molar-refractivity contribution in [3.63, 3.8) is 0 Å². The quantitative estimate of drug-likeness (QED) is 0.554. The Balaban J connectivity index is 2.45. The van der Waals surface area contributed by atoms with Crippen LogP contribution < -0.4 is 5.73 Å². The molecule has 2 heterocycles. The van der Waals surface area contributed by atoms with E-state index < -0.39 is 17.8 Å². The van der Waals surface area contributed by atoms with Gasteiger partial charge in [-0.15, -0.1) is 0 Å². The molecule has 0 aliphatic heterocycles. The molecule has 0 aliphatic rings. The molecular formula is C13H20N4O4. The molecule has 0 saturated heterocycles. The van der Waals surface area contributed by atoms with Crippen LogP contribution in [0.5, 0.6) is 0 Å². The van der Waals surface area contributed by atoms with Crippen molar-refractivity contribution in [2.45, 2.75) is 31.7 Å². The highest BCUT2D eigenvalue weighted by atomic mass is 16.5. The molecule has 5 N–H and O–H groups in total. The molecule has 2 rings (SSSR count). The highest BCUT2D eigenvalue weighted by Gasteiger charge is 2.35. The number of aliphatic hydroxyl groups excluding tert-OH is 3. The number of hydrogen-bond acceptors (Lipinski definition) is 7. The van der Waals surface area contributed by atoms with Crippen molar-refractivity contribution in [2.75, 3.05) is 18.9 Å². The van der Waals surface area contributed by atoms with Crippen molar-refractivity contribution < 1.29 is 20.1 Å². The van der Waals surface area contributed by atoms with Gasteiger partial charge >= 0.3 is 0 Å². The second-order valence-corrected chi connectivity index (χ2v) is 5.13. The number of nitrogen functional groups attached to an aromatic ring is 1. The number of anilines is 1. The number of fused-ring (bicyclic) bond motifs is 1. The molecular weight excluding hydrogens is 276 g/mol. The summed E-state index contributed by atoms with van der Waals surface area (Å²) in [4.78, 5) is 3.90. The van der Waals surface area contributed by atoms with E-state index in [1.54, 1.807) is 19.1 Å². The van der Waals surface area contributed by atoms with Crippen molar-refractivity contribution in [3.8, 4) is 0 Å². The number of hydrogen-bond donors (Lipinski definition) is 4. The van der Waals surface area contributed by atoms with Crippen molar-refractivity contribution in [2.24, 2.45) is 0 Å². The first kappa shape index (κ1) is 15.6. The average Bonchev–Trinajstić information content (AvgIpc) is 2.90. The Morgan fingerprint density at radius 2 is 2.14 bits per heavy atom. The third-order valence-corrected chi connectivity index (χ3v) is 3.45. The van der Waals surface area contributed by atoms with Crippen LogP contribution in [0, 0.1) is 0 Å². The topological polar surface area (TPSA) is 126 Å². The van der Waals surface area contributed by atoms with Gasteiger partial charge in [-0.1, -0.05) is 0 Å². The molecule has 0 unspecified atom stereocenters. The van der Waals surface area contributed by atoms with E-state index in [0.29, 0.717) is 17.0 Å². The smallest absolute Gasteiger partial charge is 0.151 e. The fraction of sp³-hybridized carbons (Fsp3) is 0.538. The second-order valence-electron chi connectivity index (χ2n) is 5.13. The van der Waals surface area contributed by atoms with Crippen molar-refractivity contribution in [3.05, 3.63) is 24.2 Å². The summed E-state index contributed by atoms with van der Waals surface area (Å²) in [5.41, 5.74) is 5.76. The summed E-state index contributed by atoms with van der Waals surface area (Å²) in [5, 5.41) is 32.7. The van der Waals surface area contributed by atoms with Gasteiger partial charge in [-0.05, 0) is 26.0 Å². The maximum Gasteiger partial charge on any atom is 0.151 e. The van der Waals surface area contributed by atoms with Crippen LogP contribution in [-0.4, -0.2) is 55.3 Å². The van der Waals surface area contributed by atoms with E-state index in [1.807, 2.05) is 0 Å². The number of nitrogens with zero attached hydrogens (tertiary/aromatic N) is 3.